The number of hydrogen-bond donors (Lipinski definition) is 2. The van der Waals surface area contributed by atoms with Crippen molar-refractivity contribution >= 4 is 56.3 Å². The number of rotatable bonds is 4. The zero-order valence-electron chi connectivity index (χ0n) is 9.89. The number of nitrogens with two attached hydrogens (primary N) is 1. The summed E-state index contributed by atoms with van der Waals surface area (Å²) in [5.74, 6) is 1.10. The average Bonchev–Trinajstić information content (AvgIpc) is 2.98. The lowest BCUT2D eigenvalue weighted by Gasteiger charge is -2.06. The van der Waals surface area contributed by atoms with Gasteiger partial charge < -0.3 is 11.1 Å². The van der Waals surface area contributed by atoms with Gasteiger partial charge in [0.25, 0.3) is 0 Å². The molecule has 0 atom stereocenters. The van der Waals surface area contributed by atoms with Gasteiger partial charge in [0.15, 0.2) is 0 Å². The second-order valence-corrected chi connectivity index (χ2v) is 6.65. The van der Waals surface area contributed by atoms with Gasteiger partial charge in [-0.1, -0.05) is 11.6 Å². The van der Waals surface area contributed by atoms with Crippen molar-refractivity contribution in [2.24, 2.45) is 0 Å². The summed E-state index contributed by atoms with van der Waals surface area (Å²) in [5.41, 5.74) is 5.70. The van der Waals surface area contributed by atoms with E-state index in [1.807, 2.05) is 23.6 Å². The molecule has 0 aliphatic carbocycles. The van der Waals surface area contributed by atoms with Gasteiger partial charge in [-0.15, -0.1) is 22.7 Å². The number of aromatic nitrogens is 2. The van der Waals surface area contributed by atoms with E-state index in [0.29, 0.717) is 5.95 Å². The van der Waals surface area contributed by atoms with E-state index in [-0.39, 0.29) is 0 Å². The van der Waals surface area contributed by atoms with E-state index >= 15 is 0 Å². The van der Waals surface area contributed by atoms with Crippen LogP contribution in [0.15, 0.2) is 23.6 Å². The Morgan fingerprint density at radius 1 is 1.26 bits per heavy atom. The molecular formula is C12H11ClN4S2. The first-order chi connectivity index (χ1) is 9.22. The van der Waals surface area contributed by atoms with Gasteiger partial charge >= 0.3 is 0 Å². The third-order valence-corrected chi connectivity index (χ3v) is 4.73. The highest BCUT2D eigenvalue weighted by Gasteiger charge is 2.07. The molecule has 3 heterocycles. The lowest BCUT2D eigenvalue weighted by Crippen LogP contribution is -2.07. The third kappa shape index (κ3) is 2.80. The van der Waals surface area contributed by atoms with E-state index in [2.05, 4.69) is 15.3 Å². The fourth-order valence-corrected chi connectivity index (χ4v) is 3.65. The summed E-state index contributed by atoms with van der Waals surface area (Å²) in [7, 11) is 0. The molecule has 0 amide bonds. The van der Waals surface area contributed by atoms with Crippen LogP contribution >= 0.6 is 34.3 Å². The Labute approximate surface area is 123 Å². The average molecular weight is 311 g/mol. The summed E-state index contributed by atoms with van der Waals surface area (Å²) in [6, 6.07) is 5.97. The van der Waals surface area contributed by atoms with Crippen molar-refractivity contribution in [3.05, 3.63) is 32.8 Å². The predicted octanol–water partition coefficient (Wildman–Crippen LogP) is 3.64. The van der Waals surface area contributed by atoms with Gasteiger partial charge in [0.2, 0.25) is 5.95 Å². The molecule has 3 aromatic heterocycles. The van der Waals surface area contributed by atoms with Crippen LogP contribution < -0.4 is 11.1 Å². The molecule has 0 saturated heterocycles. The van der Waals surface area contributed by atoms with Crippen molar-refractivity contribution in [3.8, 4) is 0 Å². The number of thiophene rings is 2. The Hall–Kier alpha value is -1.37. The van der Waals surface area contributed by atoms with Crippen molar-refractivity contribution in [2.45, 2.75) is 6.42 Å². The van der Waals surface area contributed by atoms with Gasteiger partial charge in [-0.05, 0) is 30.0 Å². The maximum absolute atomic E-state index is 5.90. The van der Waals surface area contributed by atoms with Gasteiger partial charge in [-0.3, -0.25) is 0 Å². The summed E-state index contributed by atoms with van der Waals surface area (Å²) in [6.07, 6.45) is 0.910. The van der Waals surface area contributed by atoms with Crippen LogP contribution in [0.25, 0.3) is 10.2 Å². The van der Waals surface area contributed by atoms with Crippen LogP contribution in [0.2, 0.25) is 4.34 Å². The maximum atomic E-state index is 5.90. The molecule has 98 valence electrons. The molecule has 0 bridgehead atoms. The molecule has 7 heteroatoms. The molecule has 19 heavy (non-hydrogen) atoms. The summed E-state index contributed by atoms with van der Waals surface area (Å²) in [4.78, 5) is 10.6. The number of nitrogen functional groups attached to an aromatic ring is 1. The second-order valence-electron chi connectivity index (χ2n) is 3.95. The Morgan fingerprint density at radius 2 is 2.16 bits per heavy atom. The molecular weight excluding hydrogens is 300 g/mol. The lowest BCUT2D eigenvalue weighted by molar-refractivity contribution is 1.03. The van der Waals surface area contributed by atoms with Crippen LogP contribution in [0.3, 0.4) is 0 Å². The zero-order valence-corrected chi connectivity index (χ0v) is 12.3. The summed E-state index contributed by atoms with van der Waals surface area (Å²) < 4.78 is 0.821. The minimum atomic E-state index is 0.302. The van der Waals surface area contributed by atoms with Gasteiger partial charge in [-0.25, -0.2) is 4.98 Å². The molecule has 0 spiro atoms. The van der Waals surface area contributed by atoms with E-state index in [4.69, 9.17) is 17.3 Å². The van der Waals surface area contributed by atoms with Crippen LogP contribution in [-0.4, -0.2) is 16.5 Å². The van der Waals surface area contributed by atoms with E-state index < -0.39 is 0 Å². The number of halogens is 1. The normalized spacial score (nSPS) is 11.0. The monoisotopic (exact) mass is 310 g/mol. The first kappa shape index (κ1) is 12.7. The Bertz CT molecular complexity index is 707. The van der Waals surface area contributed by atoms with Crippen LogP contribution in [-0.2, 0) is 6.42 Å². The Kier molecular flexibility index (Phi) is 3.54. The molecule has 3 aromatic rings. The van der Waals surface area contributed by atoms with E-state index in [0.717, 1.165) is 33.3 Å². The summed E-state index contributed by atoms with van der Waals surface area (Å²) in [6.45, 7) is 0.790. The van der Waals surface area contributed by atoms with Gasteiger partial charge in [-0.2, -0.15) is 4.98 Å². The lowest BCUT2D eigenvalue weighted by atomic mass is 10.3. The largest absolute Gasteiger partial charge is 0.369 e. The number of nitrogens with zero attached hydrogens (tertiary/aromatic N) is 2. The Morgan fingerprint density at radius 3 is 2.95 bits per heavy atom. The van der Waals surface area contributed by atoms with Gasteiger partial charge in [0, 0.05) is 11.4 Å². The number of nitrogens with one attached hydrogen (secondary N) is 1. The Balaban J connectivity index is 1.73. The summed E-state index contributed by atoms with van der Waals surface area (Å²) in [5, 5.41) is 6.32. The van der Waals surface area contributed by atoms with Crippen molar-refractivity contribution in [2.75, 3.05) is 17.6 Å². The minimum Gasteiger partial charge on any atom is -0.369 e. The van der Waals surface area contributed by atoms with Crippen molar-refractivity contribution in [3.63, 3.8) is 0 Å². The first-order valence-electron chi connectivity index (χ1n) is 5.71. The topological polar surface area (TPSA) is 63.8 Å². The molecule has 0 saturated carbocycles. The maximum Gasteiger partial charge on any atom is 0.223 e. The first-order valence-corrected chi connectivity index (χ1v) is 7.78. The highest BCUT2D eigenvalue weighted by molar-refractivity contribution is 7.17. The zero-order chi connectivity index (χ0) is 13.2. The molecule has 0 aliphatic rings. The van der Waals surface area contributed by atoms with Crippen LogP contribution in [0.1, 0.15) is 4.88 Å². The van der Waals surface area contributed by atoms with Crippen LogP contribution in [0.4, 0.5) is 11.8 Å². The number of hydrogen-bond acceptors (Lipinski definition) is 6. The molecule has 0 aromatic carbocycles. The summed E-state index contributed by atoms with van der Waals surface area (Å²) >= 11 is 9.07. The van der Waals surface area contributed by atoms with Crippen LogP contribution in [0, 0.1) is 0 Å². The van der Waals surface area contributed by atoms with E-state index in [1.165, 1.54) is 4.88 Å². The standard InChI is InChI=1S/C12H11ClN4S2/c13-9-2-1-7(19-9)3-5-15-10-8-4-6-18-11(8)17-12(14)16-10/h1-2,4,6H,3,5H2,(H3,14,15,16,17). The fourth-order valence-electron chi connectivity index (χ4n) is 1.80. The van der Waals surface area contributed by atoms with E-state index in [9.17, 15) is 0 Å². The highest BCUT2D eigenvalue weighted by Crippen LogP contribution is 2.26. The molecule has 0 aliphatic heterocycles. The van der Waals surface area contributed by atoms with Crippen molar-refractivity contribution in [1.82, 2.24) is 9.97 Å². The van der Waals surface area contributed by atoms with Crippen LogP contribution in [0.5, 0.6) is 0 Å². The molecule has 0 radical (unpaired) electrons. The molecule has 4 nitrogen and oxygen atoms in total. The molecule has 0 fully saturated rings. The second kappa shape index (κ2) is 5.32. The number of fused-ring (bicyclic) bond motifs is 1. The third-order valence-electron chi connectivity index (χ3n) is 2.64. The van der Waals surface area contributed by atoms with E-state index in [1.54, 1.807) is 22.7 Å². The number of anilines is 2. The smallest absolute Gasteiger partial charge is 0.223 e. The van der Waals surface area contributed by atoms with Gasteiger partial charge in [0.1, 0.15) is 10.6 Å². The fraction of sp³-hybridized carbons (Fsp3) is 0.167. The minimum absolute atomic E-state index is 0.302. The van der Waals surface area contributed by atoms with Gasteiger partial charge in [0.05, 0.1) is 9.72 Å². The highest BCUT2D eigenvalue weighted by atomic mass is 35.5. The molecule has 0 unspecified atom stereocenters. The SMILES string of the molecule is Nc1nc(NCCc2ccc(Cl)s2)c2ccsc2n1. The predicted molar refractivity (Wildman–Crippen MR) is 83.4 cm³/mol. The molecule has 3 rings (SSSR count). The molecule has 3 N–H and O–H groups in total. The van der Waals surface area contributed by atoms with Crippen molar-refractivity contribution < 1.29 is 0 Å². The quantitative estimate of drug-likeness (QED) is 0.772. The van der Waals surface area contributed by atoms with Crippen molar-refractivity contribution in [1.29, 1.82) is 0 Å².